The largest absolute Gasteiger partial charge is 0.384 e. The second-order valence-electron chi connectivity index (χ2n) is 3.58. The maximum atomic E-state index is 10.1. The van der Waals surface area contributed by atoms with Gasteiger partial charge >= 0.3 is 0 Å². The molecule has 1 aromatic carbocycles. The molecule has 0 aliphatic rings. The van der Waals surface area contributed by atoms with Gasteiger partial charge in [-0.1, -0.05) is 23.7 Å². The number of nitrogens with zero attached hydrogens (tertiary/aromatic N) is 2. The van der Waals surface area contributed by atoms with Gasteiger partial charge < -0.3 is 5.11 Å². The van der Waals surface area contributed by atoms with Crippen molar-refractivity contribution in [2.75, 3.05) is 0 Å². The van der Waals surface area contributed by atoms with Gasteiger partial charge in [0.1, 0.15) is 12.4 Å². The minimum Gasteiger partial charge on any atom is -0.384 e. The Bertz CT molecular complexity index is 488. The van der Waals surface area contributed by atoms with Crippen molar-refractivity contribution in [1.82, 2.24) is 9.97 Å². The van der Waals surface area contributed by atoms with Gasteiger partial charge in [-0.3, -0.25) is 0 Å². The molecule has 1 heterocycles. The summed E-state index contributed by atoms with van der Waals surface area (Å²) in [5.74, 6) is 0. The highest BCUT2D eigenvalue weighted by atomic mass is 35.5. The summed E-state index contributed by atoms with van der Waals surface area (Å²) in [4.78, 5) is 7.75. The summed E-state index contributed by atoms with van der Waals surface area (Å²) in [5, 5.41) is 10.8. The first-order valence-corrected chi connectivity index (χ1v) is 5.25. The van der Waals surface area contributed by atoms with E-state index in [4.69, 9.17) is 11.6 Å². The van der Waals surface area contributed by atoms with Crippen molar-refractivity contribution in [2.45, 2.75) is 13.0 Å². The third-order valence-electron chi connectivity index (χ3n) is 2.39. The molecule has 16 heavy (non-hydrogen) atoms. The Morgan fingerprint density at radius 1 is 1.19 bits per heavy atom. The Morgan fingerprint density at radius 3 is 2.50 bits per heavy atom. The molecule has 1 N–H and O–H groups in total. The van der Waals surface area contributed by atoms with Crippen molar-refractivity contribution in [2.24, 2.45) is 0 Å². The Balaban J connectivity index is 2.34. The van der Waals surface area contributed by atoms with Gasteiger partial charge in [-0.2, -0.15) is 0 Å². The van der Waals surface area contributed by atoms with Crippen LogP contribution in [0.5, 0.6) is 0 Å². The third-order valence-corrected chi connectivity index (χ3v) is 2.82. The van der Waals surface area contributed by atoms with Crippen LogP contribution in [-0.4, -0.2) is 15.1 Å². The van der Waals surface area contributed by atoms with E-state index >= 15 is 0 Å². The quantitative estimate of drug-likeness (QED) is 0.869. The van der Waals surface area contributed by atoms with E-state index in [2.05, 4.69) is 9.97 Å². The molecule has 0 amide bonds. The van der Waals surface area contributed by atoms with Crippen LogP contribution in [0.25, 0.3) is 0 Å². The first-order chi connectivity index (χ1) is 7.68. The van der Waals surface area contributed by atoms with Crippen molar-refractivity contribution in [1.29, 1.82) is 0 Å². The fourth-order valence-electron chi connectivity index (χ4n) is 1.48. The Morgan fingerprint density at radius 2 is 1.88 bits per heavy atom. The summed E-state index contributed by atoms with van der Waals surface area (Å²) in [5.41, 5.74) is 2.40. The molecule has 0 saturated heterocycles. The molecule has 1 atom stereocenters. The molecular formula is C12H11ClN2O. The highest BCUT2D eigenvalue weighted by molar-refractivity contribution is 6.31. The summed E-state index contributed by atoms with van der Waals surface area (Å²) >= 11 is 5.93. The average Bonchev–Trinajstić information content (AvgIpc) is 2.33. The van der Waals surface area contributed by atoms with E-state index in [9.17, 15) is 5.11 Å². The van der Waals surface area contributed by atoms with Crippen LogP contribution in [0, 0.1) is 6.92 Å². The lowest BCUT2D eigenvalue weighted by atomic mass is 10.0. The maximum absolute atomic E-state index is 10.1. The Hall–Kier alpha value is -1.45. The van der Waals surface area contributed by atoms with Gasteiger partial charge in [0.15, 0.2) is 0 Å². The van der Waals surface area contributed by atoms with Crippen LogP contribution < -0.4 is 0 Å². The van der Waals surface area contributed by atoms with E-state index in [0.29, 0.717) is 10.6 Å². The van der Waals surface area contributed by atoms with E-state index in [1.807, 2.05) is 13.0 Å². The zero-order chi connectivity index (χ0) is 11.5. The number of aryl methyl sites for hydroxylation is 1. The van der Waals surface area contributed by atoms with Crippen molar-refractivity contribution < 1.29 is 5.11 Å². The molecule has 4 heteroatoms. The second-order valence-corrected chi connectivity index (χ2v) is 3.99. The predicted octanol–water partition coefficient (Wildman–Crippen LogP) is 2.52. The van der Waals surface area contributed by atoms with Crippen molar-refractivity contribution in [3.8, 4) is 0 Å². The monoisotopic (exact) mass is 234 g/mol. The zero-order valence-electron chi connectivity index (χ0n) is 8.76. The number of halogens is 1. The standard InChI is InChI=1S/C12H11ClN2O/c1-8-4-9(2-3-11(8)13)12(16)10-5-14-7-15-6-10/h2-7,12,16H,1H3. The number of hydrogen-bond donors (Lipinski definition) is 1. The SMILES string of the molecule is Cc1cc(C(O)c2cncnc2)ccc1Cl. The molecule has 0 spiro atoms. The van der Waals surface area contributed by atoms with Gasteiger partial charge in [-0.15, -0.1) is 0 Å². The minimum atomic E-state index is -0.711. The van der Waals surface area contributed by atoms with Crippen LogP contribution in [0.15, 0.2) is 36.9 Å². The van der Waals surface area contributed by atoms with Crippen LogP contribution in [0.1, 0.15) is 22.8 Å². The molecule has 0 aliphatic heterocycles. The van der Waals surface area contributed by atoms with Gasteiger partial charge in [0.2, 0.25) is 0 Å². The van der Waals surface area contributed by atoms with Crippen molar-refractivity contribution in [3.05, 3.63) is 58.6 Å². The summed E-state index contributed by atoms with van der Waals surface area (Å²) in [6.45, 7) is 1.90. The van der Waals surface area contributed by atoms with E-state index in [-0.39, 0.29) is 0 Å². The van der Waals surface area contributed by atoms with Gasteiger partial charge in [0, 0.05) is 23.0 Å². The first kappa shape index (κ1) is 11.0. The molecule has 2 rings (SSSR count). The van der Waals surface area contributed by atoms with Crippen LogP contribution in [0.3, 0.4) is 0 Å². The number of aliphatic hydroxyl groups excluding tert-OH is 1. The van der Waals surface area contributed by atoms with Gasteiger partial charge in [-0.25, -0.2) is 9.97 Å². The van der Waals surface area contributed by atoms with E-state index in [0.717, 1.165) is 11.1 Å². The predicted molar refractivity (Wildman–Crippen MR) is 62.3 cm³/mol. The number of aliphatic hydroxyl groups is 1. The highest BCUT2D eigenvalue weighted by Crippen LogP contribution is 2.24. The highest BCUT2D eigenvalue weighted by Gasteiger charge is 2.11. The van der Waals surface area contributed by atoms with Crippen LogP contribution in [0.4, 0.5) is 0 Å². The average molecular weight is 235 g/mol. The zero-order valence-corrected chi connectivity index (χ0v) is 9.52. The van der Waals surface area contributed by atoms with E-state index in [1.54, 1.807) is 24.5 Å². The van der Waals surface area contributed by atoms with Crippen molar-refractivity contribution >= 4 is 11.6 Å². The summed E-state index contributed by atoms with van der Waals surface area (Å²) in [6, 6.07) is 5.44. The molecule has 0 radical (unpaired) electrons. The molecule has 0 bridgehead atoms. The lowest BCUT2D eigenvalue weighted by Crippen LogP contribution is -2.01. The number of benzene rings is 1. The van der Waals surface area contributed by atoms with Crippen LogP contribution >= 0.6 is 11.6 Å². The molecule has 0 aliphatic carbocycles. The fraction of sp³-hybridized carbons (Fsp3) is 0.167. The molecule has 1 unspecified atom stereocenters. The lowest BCUT2D eigenvalue weighted by Gasteiger charge is -2.11. The number of rotatable bonds is 2. The van der Waals surface area contributed by atoms with Crippen molar-refractivity contribution in [3.63, 3.8) is 0 Å². The first-order valence-electron chi connectivity index (χ1n) is 4.87. The van der Waals surface area contributed by atoms with Gasteiger partial charge in [0.25, 0.3) is 0 Å². The number of aromatic nitrogens is 2. The lowest BCUT2D eigenvalue weighted by molar-refractivity contribution is 0.219. The molecular weight excluding hydrogens is 224 g/mol. The van der Waals surface area contributed by atoms with Crippen LogP contribution in [-0.2, 0) is 0 Å². The van der Waals surface area contributed by atoms with Crippen LogP contribution in [0.2, 0.25) is 5.02 Å². The van der Waals surface area contributed by atoms with E-state index < -0.39 is 6.10 Å². The summed E-state index contributed by atoms with van der Waals surface area (Å²) < 4.78 is 0. The summed E-state index contributed by atoms with van der Waals surface area (Å²) in [6.07, 6.45) is 3.92. The van der Waals surface area contributed by atoms with Gasteiger partial charge in [0.05, 0.1) is 0 Å². The maximum Gasteiger partial charge on any atom is 0.115 e. The Labute approximate surface area is 98.8 Å². The molecule has 2 aromatic rings. The molecule has 0 saturated carbocycles. The smallest absolute Gasteiger partial charge is 0.115 e. The fourth-order valence-corrected chi connectivity index (χ4v) is 1.60. The molecule has 82 valence electrons. The summed E-state index contributed by atoms with van der Waals surface area (Å²) in [7, 11) is 0. The Kier molecular flexibility index (Phi) is 3.17. The minimum absolute atomic E-state index is 0.671. The third kappa shape index (κ3) is 2.21. The van der Waals surface area contributed by atoms with Gasteiger partial charge in [-0.05, 0) is 24.1 Å². The number of hydrogen-bond acceptors (Lipinski definition) is 3. The second kappa shape index (κ2) is 4.60. The normalized spacial score (nSPS) is 12.4. The van der Waals surface area contributed by atoms with E-state index in [1.165, 1.54) is 6.33 Å². The molecule has 1 aromatic heterocycles. The topological polar surface area (TPSA) is 46.0 Å². The molecule has 3 nitrogen and oxygen atoms in total. The molecule has 0 fully saturated rings.